The lowest BCUT2D eigenvalue weighted by molar-refractivity contribution is -0.116. The molecule has 41 heavy (non-hydrogen) atoms. The highest BCUT2D eigenvalue weighted by atomic mass is 16.7. The van der Waals surface area contributed by atoms with Gasteiger partial charge in [-0.3, -0.25) is 4.79 Å². The summed E-state index contributed by atoms with van der Waals surface area (Å²) in [6, 6.07) is 17.9. The smallest absolute Gasteiger partial charge is 0.338 e. The number of carbonyl (C=O) groups excluding carboxylic acids is 2. The Labute approximate surface area is 237 Å². The van der Waals surface area contributed by atoms with Crippen molar-refractivity contribution in [1.82, 2.24) is 9.88 Å². The normalized spacial score (nSPS) is 12.7. The van der Waals surface area contributed by atoms with Crippen molar-refractivity contribution < 1.29 is 28.9 Å². The zero-order valence-corrected chi connectivity index (χ0v) is 23.4. The number of hydrogen-bond donors (Lipinski definition) is 2. The zero-order chi connectivity index (χ0) is 29.1. The number of aromatic nitrogens is 1. The number of nitrogens with one attached hydrogen (secondary N) is 1. The van der Waals surface area contributed by atoms with E-state index in [2.05, 4.69) is 4.98 Å². The van der Waals surface area contributed by atoms with E-state index in [1.807, 2.05) is 55.4 Å². The Morgan fingerprint density at radius 2 is 1.71 bits per heavy atom. The fourth-order valence-corrected chi connectivity index (χ4v) is 4.68. The molecule has 0 atom stereocenters. The third kappa shape index (κ3) is 5.87. The van der Waals surface area contributed by atoms with Gasteiger partial charge in [-0.15, -0.1) is 0 Å². The molecule has 1 aromatic heterocycles. The average molecular weight is 557 g/mol. The van der Waals surface area contributed by atoms with Crippen LogP contribution in [0.2, 0.25) is 0 Å². The van der Waals surface area contributed by atoms with E-state index in [0.29, 0.717) is 57.0 Å². The summed E-state index contributed by atoms with van der Waals surface area (Å²) >= 11 is 0. The zero-order valence-electron chi connectivity index (χ0n) is 23.4. The van der Waals surface area contributed by atoms with E-state index in [4.69, 9.17) is 19.2 Å². The first-order valence-corrected chi connectivity index (χ1v) is 13.3. The minimum Gasteiger partial charge on any atom is -0.494 e. The van der Waals surface area contributed by atoms with Gasteiger partial charge in [0.2, 0.25) is 12.7 Å². The second-order valence-corrected chi connectivity index (χ2v) is 9.85. The number of H-pyrrole nitrogens is 1. The predicted octanol–water partition coefficient (Wildman–Crippen LogP) is 4.86. The Morgan fingerprint density at radius 3 is 2.41 bits per heavy atom. The first kappa shape index (κ1) is 27.7. The third-order valence-corrected chi connectivity index (χ3v) is 6.73. The van der Waals surface area contributed by atoms with Gasteiger partial charge in [0, 0.05) is 42.2 Å². The number of rotatable bonds is 9. The standard InChI is InChI=1S/C31H32N4O6/c1-5-39-31(38)21-6-12-24-25(16-21)33-30(37)28(24)29(20-7-13-26-27(17-20)41-18-40-26)32-22-8-10-23(11-9-22)35(19(2)36)15-14-34(3)4/h6-13,16-17,33,37H,5,14-15,18H2,1-4H3. The highest BCUT2D eigenvalue weighted by molar-refractivity contribution is 6.22. The number of fused-ring (bicyclic) bond motifs is 2. The van der Waals surface area contributed by atoms with Crippen molar-refractivity contribution in [3.05, 3.63) is 77.4 Å². The van der Waals surface area contributed by atoms with Crippen LogP contribution in [-0.4, -0.2) is 73.2 Å². The first-order chi connectivity index (χ1) is 19.7. The number of anilines is 1. The summed E-state index contributed by atoms with van der Waals surface area (Å²) in [5, 5.41) is 11.8. The molecule has 0 bridgehead atoms. The van der Waals surface area contributed by atoms with Crippen LogP contribution < -0.4 is 14.4 Å². The molecule has 0 fully saturated rings. The van der Waals surface area contributed by atoms with E-state index in [0.717, 1.165) is 12.2 Å². The van der Waals surface area contributed by atoms with Crippen molar-refractivity contribution in [3.63, 3.8) is 0 Å². The van der Waals surface area contributed by atoms with Crippen LogP contribution in [0.4, 0.5) is 11.4 Å². The van der Waals surface area contributed by atoms with Gasteiger partial charge >= 0.3 is 5.97 Å². The van der Waals surface area contributed by atoms with E-state index in [9.17, 15) is 14.7 Å². The summed E-state index contributed by atoms with van der Waals surface area (Å²) in [6.07, 6.45) is 0. The number of aromatic hydroxyl groups is 1. The summed E-state index contributed by atoms with van der Waals surface area (Å²) in [7, 11) is 3.93. The van der Waals surface area contributed by atoms with Crippen molar-refractivity contribution in [1.29, 1.82) is 0 Å². The molecule has 1 amide bonds. The Hall–Kier alpha value is -4.83. The van der Waals surface area contributed by atoms with Gasteiger partial charge in [-0.2, -0.15) is 0 Å². The van der Waals surface area contributed by atoms with Crippen LogP contribution in [0.15, 0.2) is 65.7 Å². The molecule has 1 aliphatic rings. The number of aliphatic imine (C=N–C) groups is 1. The minimum atomic E-state index is -0.444. The molecule has 0 saturated heterocycles. The molecule has 0 radical (unpaired) electrons. The van der Waals surface area contributed by atoms with Crippen molar-refractivity contribution in [2.75, 3.05) is 45.5 Å². The van der Waals surface area contributed by atoms with Crippen molar-refractivity contribution in [2.45, 2.75) is 13.8 Å². The van der Waals surface area contributed by atoms with E-state index >= 15 is 0 Å². The maximum absolute atomic E-state index is 12.3. The Kier molecular flexibility index (Phi) is 7.93. The number of esters is 1. The largest absolute Gasteiger partial charge is 0.494 e. The van der Waals surface area contributed by atoms with Gasteiger partial charge in [0.05, 0.1) is 29.1 Å². The molecule has 10 heteroatoms. The van der Waals surface area contributed by atoms with Gasteiger partial charge < -0.3 is 34.1 Å². The number of amides is 1. The van der Waals surface area contributed by atoms with Crippen LogP contribution >= 0.6 is 0 Å². The Morgan fingerprint density at radius 1 is 0.976 bits per heavy atom. The van der Waals surface area contributed by atoms with Crippen LogP contribution in [-0.2, 0) is 9.53 Å². The van der Waals surface area contributed by atoms with E-state index in [1.54, 1.807) is 43.0 Å². The molecule has 4 aromatic rings. The van der Waals surface area contributed by atoms with Crippen LogP contribution in [0, 0.1) is 0 Å². The van der Waals surface area contributed by atoms with Crippen LogP contribution in [0.25, 0.3) is 10.9 Å². The lowest BCUT2D eigenvalue weighted by Crippen LogP contribution is -2.35. The second kappa shape index (κ2) is 11.7. The first-order valence-electron chi connectivity index (χ1n) is 13.3. The molecular formula is C31H32N4O6. The third-order valence-electron chi connectivity index (χ3n) is 6.73. The van der Waals surface area contributed by atoms with Crippen LogP contribution in [0.3, 0.4) is 0 Å². The van der Waals surface area contributed by atoms with Gasteiger partial charge in [-0.25, -0.2) is 9.79 Å². The van der Waals surface area contributed by atoms with Gasteiger partial charge in [-0.05, 0) is 75.6 Å². The molecule has 2 N–H and O–H groups in total. The maximum Gasteiger partial charge on any atom is 0.338 e. The molecule has 10 nitrogen and oxygen atoms in total. The number of aromatic amines is 1. The lowest BCUT2D eigenvalue weighted by Gasteiger charge is -2.23. The molecule has 2 heterocycles. The quantitative estimate of drug-likeness (QED) is 0.223. The fourth-order valence-electron chi connectivity index (χ4n) is 4.68. The summed E-state index contributed by atoms with van der Waals surface area (Å²) < 4.78 is 16.2. The molecule has 0 saturated carbocycles. The van der Waals surface area contributed by atoms with E-state index in [1.165, 1.54) is 0 Å². The minimum absolute atomic E-state index is 0.0462. The summed E-state index contributed by atoms with van der Waals surface area (Å²) in [5.74, 6) is 0.615. The SMILES string of the molecule is CCOC(=O)c1ccc2c(C(=Nc3ccc(N(CCN(C)C)C(C)=O)cc3)c3ccc4c(c3)OCO4)c(O)[nH]c2c1. The topological polar surface area (TPSA) is 117 Å². The van der Waals surface area contributed by atoms with Crippen molar-refractivity contribution in [2.24, 2.45) is 4.99 Å². The van der Waals surface area contributed by atoms with E-state index < -0.39 is 5.97 Å². The van der Waals surface area contributed by atoms with Crippen molar-refractivity contribution >= 4 is 39.9 Å². The Bertz CT molecular complexity index is 1620. The highest BCUT2D eigenvalue weighted by Crippen LogP contribution is 2.37. The molecule has 0 aliphatic carbocycles. The van der Waals surface area contributed by atoms with Crippen LogP contribution in [0.5, 0.6) is 17.4 Å². The molecular weight excluding hydrogens is 524 g/mol. The molecule has 3 aromatic carbocycles. The number of hydrogen-bond acceptors (Lipinski definition) is 8. The van der Waals surface area contributed by atoms with Gasteiger partial charge in [-0.1, -0.05) is 6.07 Å². The number of carbonyl (C=O) groups is 2. The monoisotopic (exact) mass is 556 g/mol. The molecule has 1 aliphatic heterocycles. The summed E-state index contributed by atoms with van der Waals surface area (Å²) in [5.41, 5.74) is 3.96. The summed E-state index contributed by atoms with van der Waals surface area (Å²) in [4.78, 5) is 36.3. The average Bonchev–Trinajstić information content (AvgIpc) is 3.55. The molecule has 212 valence electrons. The van der Waals surface area contributed by atoms with Gasteiger partial charge in [0.25, 0.3) is 0 Å². The van der Waals surface area contributed by atoms with Crippen molar-refractivity contribution in [3.8, 4) is 17.4 Å². The van der Waals surface area contributed by atoms with Crippen LogP contribution in [0.1, 0.15) is 35.3 Å². The number of nitrogens with zero attached hydrogens (tertiary/aromatic N) is 3. The molecule has 5 rings (SSSR count). The number of ether oxygens (including phenoxy) is 3. The number of likely N-dealkylation sites (N-methyl/N-ethyl adjacent to an activating group) is 1. The summed E-state index contributed by atoms with van der Waals surface area (Å²) in [6.45, 7) is 4.97. The van der Waals surface area contributed by atoms with Gasteiger partial charge in [0.1, 0.15) is 0 Å². The highest BCUT2D eigenvalue weighted by Gasteiger charge is 2.23. The predicted molar refractivity (Wildman–Crippen MR) is 157 cm³/mol. The second-order valence-electron chi connectivity index (χ2n) is 9.85. The maximum atomic E-state index is 12.3. The fraction of sp³-hybridized carbons (Fsp3) is 0.258. The number of benzene rings is 3. The van der Waals surface area contributed by atoms with E-state index in [-0.39, 0.29) is 25.2 Å². The molecule has 0 spiro atoms. The van der Waals surface area contributed by atoms with Gasteiger partial charge in [0.15, 0.2) is 17.4 Å². The Balaban J connectivity index is 1.59. The lowest BCUT2D eigenvalue weighted by atomic mass is 9.99. The molecule has 0 unspecified atom stereocenters.